The zero-order valence-electron chi connectivity index (χ0n) is 8.73. The second-order valence-corrected chi connectivity index (χ2v) is 4.20. The van der Waals surface area contributed by atoms with Gasteiger partial charge >= 0.3 is 0 Å². The molecule has 14 heavy (non-hydrogen) atoms. The van der Waals surface area contributed by atoms with E-state index in [1.807, 2.05) is 4.90 Å². The Kier molecular flexibility index (Phi) is 2.74. The van der Waals surface area contributed by atoms with Crippen LogP contribution in [0.1, 0.15) is 13.8 Å². The quantitative estimate of drug-likeness (QED) is 0.599. The highest BCUT2D eigenvalue weighted by molar-refractivity contribution is 5.83. The van der Waals surface area contributed by atoms with E-state index in [4.69, 9.17) is 9.47 Å². The van der Waals surface area contributed by atoms with Gasteiger partial charge in [0.1, 0.15) is 0 Å². The average molecular weight is 199 g/mol. The Hall–Kier alpha value is -0.610. The molecule has 2 fully saturated rings. The number of hydrogen-bond acceptors (Lipinski definition) is 3. The molecule has 0 bridgehead atoms. The molecule has 0 N–H and O–H groups in total. The molecule has 2 aliphatic heterocycles. The molecular weight excluding hydrogens is 182 g/mol. The van der Waals surface area contributed by atoms with E-state index in [1.54, 1.807) is 0 Å². The van der Waals surface area contributed by atoms with Crippen molar-refractivity contribution < 1.29 is 14.3 Å². The molecule has 4 nitrogen and oxygen atoms in total. The summed E-state index contributed by atoms with van der Waals surface area (Å²) in [5.41, 5.74) is 0. The van der Waals surface area contributed by atoms with Gasteiger partial charge in [-0.1, -0.05) is 13.8 Å². The van der Waals surface area contributed by atoms with Crippen LogP contribution in [0.5, 0.6) is 0 Å². The normalized spacial score (nSPS) is 32.1. The zero-order valence-corrected chi connectivity index (χ0v) is 8.73. The van der Waals surface area contributed by atoms with Crippen LogP contribution >= 0.6 is 0 Å². The lowest BCUT2D eigenvalue weighted by molar-refractivity contribution is -0.136. The fraction of sp³-hybridized carbons (Fsp3) is 0.900. The molecule has 80 valence electrons. The summed E-state index contributed by atoms with van der Waals surface area (Å²) in [6.07, 6.45) is -0.0292. The fourth-order valence-electron chi connectivity index (χ4n) is 1.79. The molecule has 2 atom stereocenters. The predicted molar refractivity (Wildman–Crippen MR) is 50.9 cm³/mol. The Morgan fingerprint density at radius 2 is 2.00 bits per heavy atom. The third-order valence-electron chi connectivity index (χ3n) is 2.75. The predicted octanol–water partition coefficient (Wildman–Crippen LogP) is 0.269. The standard InChI is InChI=1S/C10H17NO3/c1-7(2)8-9(14-8)10(12)11-3-5-13-6-4-11/h7-9H,3-6H2,1-2H3/t8-,9+/m0/s1. The molecule has 0 radical (unpaired) electrons. The Bertz CT molecular complexity index is 223. The van der Waals surface area contributed by atoms with Crippen LogP contribution in [0.25, 0.3) is 0 Å². The average Bonchev–Trinajstić information content (AvgIpc) is 2.97. The number of nitrogens with zero attached hydrogens (tertiary/aromatic N) is 1. The lowest BCUT2D eigenvalue weighted by atomic mass is 10.1. The van der Waals surface area contributed by atoms with Crippen molar-refractivity contribution in [3.63, 3.8) is 0 Å². The van der Waals surface area contributed by atoms with Crippen LogP contribution < -0.4 is 0 Å². The van der Waals surface area contributed by atoms with Crippen molar-refractivity contribution in [1.29, 1.82) is 0 Å². The van der Waals surface area contributed by atoms with E-state index in [-0.39, 0.29) is 18.1 Å². The number of rotatable bonds is 2. The van der Waals surface area contributed by atoms with Crippen LogP contribution in [0.3, 0.4) is 0 Å². The zero-order chi connectivity index (χ0) is 10.1. The van der Waals surface area contributed by atoms with Crippen LogP contribution in [-0.2, 0) is 14.3 Å². The molecule has 0 spiro atoms. The molecule has 0 aromatic carbocycles. The van der Waals surface area contributed by atoms with E-state index in [9.17, 15) is 4.79 Å². The van der Waals surface area contributed by atoms with E-state index in [1.165, 1.54) is 0 Å². The van der Waals surface area contributed by atoms with Crippen LogP contribution in [-0.4, -0.2) is 49.3 Å². The van der Waals surface area contributed by atoms with Gasteiger partial charge in [-0.2, -0.15) is 0 Å². The summed E-state index contributed by atoms with van der Waals surface area (Å²) in [5, 5.41) is 0. The SMILES string of the molecule is CC(C)[C@@H]1O[C@H]1C(=O)N1CCOCC1. The molecule has 2 saturated heterocycles. The van der Waals surface area contributed by atoms with Gasteiger partial charge in [0.25, 0.3) is 5.91 Å². The highest BCUT2D eigenvalue weighted by atomic mass is 16.6. The molecule has 4 heteroatoms. The number of hydrogen-bond donors (Lipinski definition) is 0. The first-order chi connectivity index (χ1) is 6.70. The first kappa shape index (κ1) is 9.93. The fourth-order valence-corrected chi connectivity index (χ4v) is 1.79. The summed E-state index contributed by atoms with van der Waals surface area (Å²) in [6.45, 7) is 6.90. The second kappa shape index (κ2) is 3.87. The topological polar surface area (TPSA) is 42.1 Å². The van der Waals surface area contributed by atoms with Crippen molar-refractivity contribution in [2.45, 2.75) is 26.1 Å². The van der Waals surface area contributed by atoms with Crippen molar-refractivity contribution in [3.8, 4) is 0 Å². The maximum atomic E-state index is 11.8. The highest BCUT2D eigenvalue weighted by Crippen LogP contribution is 2.30. The second-order valence-electron chi connectivity index (χ2n) is 4.20. The van der Waals surface area contributed by atoms with E-state index >= 15 is 0 Å². The van der Waals surface area contributed by atoms with Gasteiger partial charge in [-0.25, -0.2) is 0 Å². The van der Waals surface area contributed by atoms with Crippen LogP contribution in [0.2, 0.25) is 0 Å². The van der Waals surface area contributed by atoms with E-state index < -0.39 is 0 Å². The number of ether oxygens (including phenoxy) is 2. The number of carbonyl (C=O) groups excluding carboxylic acids is 1. The summed E-state index contributed by atoms with van der Waals surface area (Å²) in [6, 6.07) is 0. The summed E-state index contributed by atoms with van der Waals surface area (Å²) >= 11 is 0. The Morgan fingerprint density at radius 1 is 1.36 bits per heavy atom. The van der Waals surface area contributed by atoms with Crippen molar-refractivity contribution in [2.75, 3.05) is 26.3 Å². The third-order valence-corrected chi connectivity index (χ3v) is 2.75. The molecule has 2 heterocycles. The third kappa shape index (κ3) is 1.91. The summed E-state index contributed by atoms with van der Waals surface area (Å²) in [4.78, 5) is 13.7. The molecule has 2 aliphatic rings. The van der Waals surface area contributed by atoms with Crippen molar-refractivity contribution in [2.24, 2.45) is 5.92 Å². The molecule has 0 aromatic rings. The van der Waals surface area contributed by atoms with Crippen molar-refractivity contribution in [3.05, 3.63) is 0 Å². The van der Waals surface area contributed by atoms with E-state index in [2.05, 4.69) is 13.8 Å². The van der Waals surface area contributed by atoms with Crippen LogP contribution in [0.15, 0.2) is 0 Å². The van der Waals surface area contributed by atoms with Gasteiger partial charge < -0.3 is 14.4 Å². The molecule has 2 rings (SSSR count). The minimum absolute atomic E-state index is 0.144. The van der Waals surface area contributed by atoms with Crippen LogP contribution in [0.4, 0.5) is 0 Å². The smallest absolute Gasteiger partial charge is 0.254 e. The molecule has 0 aliphatic carbocycles. The Labute approximate surface area is 84.2 Å². The van der Waals surface area contributed by atoms with Gasteiger partial charge in [0.05, 0.1) is 19.3 Å². The lowest BCUT2D eigenvalue weighted by Crippen LogP contribution is -2.43. The van der Waals surface area contributed by atoms with E-state index in [0.29, 0.717) is 32.2 Å². The summed E-state index contributed by atoms with van der Waals surface area (Å²) in [7, 11) is 0. The lowest BCUT2D eigenvalue weighted by Gasteiger charge is -2.26. The van der Waals surface area contributed by atoms with Crippen molar-refractivity contribution >= 4 is 5.91 Å². The van der Waals surface area contributed by atoms with Crippen molar-refractivity contribution in [1.82, 2.24) is 4.90 Å². The largest absolute Gasteiger partial charge is 0.378 e. The number of amides is 1. The van der Waals surface area contributed by atoms with Gasteiger partial charge in [0.15, 0.2) is 6.10 Å². The number of morpholine rings is 1. The summed E-state index contributed by atoms with van der Waals surface area (Å²) in [5.74, 6) is 0.581. The molecular formula is C10H17NO3. The first-order valence-electron chi connectivity index (χ1n) is 5.22. The molecule has 0 unspecified atom stereocenters. The first-order valence-corrected chi connectivity index (χ1v) is 5.22. The van der Waals surface area contributed by atoms with E-state index in [0.717, 1.165) is 0 Å². The van der Waals surface area contributed by atoms with Gasteiger partial charge in [0.2, 0.25) is 0 Å². The minimum Gasteiger partial charge on any atom is -0.378 e. The highest BCUT2D eigenvalue weighted by Gasteiger charge is 2.48. The Balaban J connectivity index is 1.84. The van der Waals surface area contributed by atoms with Gasteiger partial charge in [-0.3, -0.25) is 4.79 Å². The minimum atomic E-state index is -0.173. The summed E-state index contributed by atoms with van der Waals surface area (Å²) < 4.78 is 10.6. The van der Waals surface area contributed by atoms with Gasteiger partial charge in [-0.05, 0) is 5.92 Å². The van der Waals surface area contributed by atoms with Gasteiger partial charge in [0, 0.05) is 13.1 Å². The Morgan fingerprint density at radius 3 is 2.50 bits per heavy atom. The molecule has 0 aromatic heterocycles. The maximum absolute atomic E-state index is 11.8. The van der Waals surface area contributed by atoms with Gasteiger partial charge in [-0.15, -0.1) is 0 Å². The molecule has 1 amide bonds. The van der Waals surface area contributed by atoms with Crippen LogP contribution in [0, 0.1) is 5.92 Å². The molecule has 0 saturated carbocycles. The number of epoxide rings is 1. The number of carbonyl (C=O) groups is 1. The monoisotopic (exact) mass is 199 g/mol. The maximum Gasteiger partial charge on any atom is 0.254 e.